The van der Waals surface area contributed by atoms with Crippen LogP contribution < -0.4 is 10.2 Å². The van der Waals surface area contributed by atoms with Crippen LogP contribution in [0.1, 0.15) is 17.7 Å². The Morgan fingerprint density at radius 1 is 1.03 bits per heavy atom. The zero-order valence-electron chi connectivity index (χ0n) is 18.0. The van der Waals surface area contributed by atoms with E-state index in [4.69, 9.17) is 9.47 Å². The summed E-state index contributed by atoms with van der Waals surface area (Å²) < 4.78 is 38.5. The van der Waals surface area contributed by atoms with Crippen molar-refractivity contribution < 1.29 is 22.7 Å². The Hall–Kier alpha value is -1.98. The first-order chi connectivity index (χ1) is 15.5. The quantitative estimate of drug-likeness (QED) is 0.626. The molecular formula is C22H29N3O5S2. The molecule has 1 N–H and O–H groups in total. The predicted molar refractivity (Wildman–Crippen MR) is 125 cm³/mol. The van der Waals surface area contributed by atoms with Crippen molar-refractivity contribution in [2.45, 2.75) is 24.2 Å². The molecule has 32 heavy (non-hydrogen) atoms. The number of aryl methyl sites for hydroxylation is 1. The summed E-state index contributed by atoms with van der Waals surface area (Å²) in [5.41, 5.74) is 1.35. The normalized spacial score (nSPS) is 17.9. The van der Waals surface area contributed by atoms with Gasteiger partial charge in [-0.1, -0.05) is 6.07 Å². The third-order valence-corrected chi connectivity index (χ3v) is 8.44. The second-order valence-corrected chi connectivity index (χ2v) is 10.7. The molecule has 0 bridgehead atoms. The van der Waals surface area contributed by atoms with Gasteiger partial charge in [-0.15, -0.1) is 11.3 Å². The number of rotatable bonds is 8. The molecule has 1 amide bonds. The Kier molecular flexibility index (Phi) is 7.80. The Labute approximate surface area is 193 Å². The van der Waals surface area contributed by atoms with Gasteiger partial charge in [0.05, 0.1) is 42.7 Å². The van der Waals surface area contributed by atoms with Gasteiger partial charge < -0.3 is 19.7 Å². The largest absolute Gasteiger partial charge is 0.379 e. The number of morpholine rings is 2. The number of anilines is 2. The molecule has 0 radical (unpaired) electrons. The highest BCUT2D eigenvalue weighted by Gasteiger charge is 2.28. The van der Waals surface area contributed by atoms with E-state index in [1.807, 2.05) is 11.4 Å². The van der Waals surface area contributed by atoms with Crippen LogP contribution in [0.5, 0.6) is 0 Å². The number of thiophene rings is 1. The van der Waals surface area contributed by atoms with Crippen molar-refractivity contribution in [2.24, 2.45) is 0 Å². The fraction of sp³-hybridized carbons (Fsp3) is 0.500. The molecule has 10 heteroatoms. The highest BCUT2D eigenvalue weighted by molar-refractivity contribution is 7.89. The average Bonchev–Trinajstić information content (AvgIpc) is 3.34. The van der Waals surface area contributed by atoms with E-state index in [9.17, 15) is 13.2 Å². The summed E-state index contributed by atoms with van der Waals surface area (Å²) in [5.74, 6) is -0.114. The molecule has 2 aliphatic rings. The van der Waals surface area contributed by atoms with Crippen molar-refractivity contribution in [3.05, 3.63) is 40.6 Å². The van der Waals surface area contributed by atoms with Gasteiger partial charge in [-0.2, -0.15) is 4.31 Å². The fourth-order valence-electron chi connectivity index (χ4n) is 3.88. The molecule has 2 aromatic rings. The van der Waals surface area contributed by atoms with Gasteiger partial charge in [-0.25, -0.2) is 8.42 Å². The molecule has 1 aromatic carbocycles. The molecule has 0 unspecified atom stereocenters. The minimum Gasteiger partial charge on any atom is -0.379 e. The third kappa shape index (κ3) is 5.68. The maximum absolute atomic E-state index is 13.1. The van der Waals surface area contributed by atoms with E-state index in [2.05, 4.69) is 16.3 Å². The summed E-state index contributed by atoms with van der Waals surface area (Å²) in [6.45, 7) is 4.02. The SMILES string of the molecule is O=C(CCCc1cccs1)Nc1cc(S(=O)(=O)N2CCOCC2)ccc1N1CCOCC1. The first-order valence-corrected chi connectivity index (χ1v) is 13.2. The zero-order valence-corrected chi connectivity index (χ0v) is 19.6. The second-order valence-electron chi connectivity index (χ2n) is 7.78. The molecule has 174 valence electrons. The van der Waals surface area contributed by atoms with Gasteiger partial charge in [0.1, 0.15) is 0 Å². The molecular weight excluding hydrogens is 450 g/mol. The number of amides is 1. The van der Waals surface area contributed by atoms with Crippen molar-refractivity contribution in [3.63, 3.8) is 0 Å². The van der Waals surface area contributed by atoms with Gasteiger partial charge in [0.2, 0.25) is 15.9 Å². The first kappa shape index (κ1) is 23.2. The standard InChI is InChI=1S/C22H29N3O5S2/c26-22(5-1-3-18-4-2-16-31-18)23-20-17-19(32(27,28)25-10-14-30-15-11-25)6-7-21(20)24-8-12-29-13-9-24/h2,4,6-7,16-17H,1,3,5,8-15H2,(H,23,26). The maximum Gasteiger partial charge on any atom is 0.243 e. The van der Waals surface area contributed by atoms with E-state index in [-0.39, 0.29) is 10.8 Å². The van der Waals surface area contributed by atoms with E-state index < -0.39 is 10.0 Å². The van der Waals surface area contributed by atoms with E-state index in [0.29, 0.717) is 64.7 Å². The number of carbonyl (C=O) groups excluding carboxylic acids is 1. The van der Waals surface area contributed by atoms with Crippen molar-refractivity contribution in [2.75, 3.05) is 62.8 Å². The summed E-state index contributed by atoms with van der Waals surface area (Å²) in [6, 6.07) is 9.09. The van der Waals surface area contributed by atoms with Gasteiger partial charge in [-0.05, 0) is 42.5 Å². The summed E-state index contributed by atoms with van der Waals surface area (Å²) in [7, 11) is -3.65. The van der Waals surface area contributed by atoms with Crippen LogP contribution in [0.4, 0.5) is 11.4 Å². The van der Waals surface area contributed by atoms with Crippen molar-refractivity contribution in [3.8, 4) is 0 Å². The van der Waals surface area contributed by atoms with Gasteiger partial charge in [0.15, 0.2) is 0 Å². The van der Waals surface area contributed by atoms with Crippen LogP contribution >= 0.6 is 11.3 Å². The van der Waals surface area contributed by atoms with Gasteiger partial charge >= 0.3 is 0 Å². The molecule has 4 rings (SSSR count). The summed E-state index contributed by atoms with van der Waals surface area (Å²) in [5, 5.41) is 5.01. The lowest BCUT2D eigenvalue weighted by molar-refractivity contribution is -0.116. The Morgan fingerprint density at radius 3 is 2.44 bits per heavy atom. The number of hydrogen-bond donors (Lipinski definition) is 1. The van der Waals surface area contributed by atoms with Crippen LogP contribution in [0.3, 0.4) is 0 Å². The molecule has 0 aliphatic carbocycles. The van der Waals surface area contributed by atoms with Gasteiger partial charge in [0, 0.05) is 37.5 Å². The van der Waals surface area contributed by atoms with Crippen molar-refractivity contribution >= 4 is 38.6 Å². The zero-order chi connectivity index (χ0) is 22.4. The third-order valence-electron chi connectivity index (χ3n) is 5.61. The van der Waals surface area contributed by atoms with E-state index >= 15 is 0 Å². The minimum atomic E-state index is -3.65. The predicted octanol–water partition coefficient (Wildman–Crippen LogP) is 2.57. The molecule has 2 saturated heterocycles. The molecule has 1 aromatic heterocycles. The maximum atomic E-state index is 13.1. The smallest absolute Gasteiger partial charge is 0.243 e. The fourth-order valence-corrected chi connectivity index (χ4v) is 6.07. The Morgan fingerprint density at radius 2 is 1.75 bits per heavy atom. The number of hydrogen-bond acceptors (Lipinski definition) is 7. The number of sulfonamides is 1. The molecule has 2 aliphatic heterocycles. The summed E-state index contributed by atoms with van der Waals surface area (Å²) >= 11 is 1.69. The van der Waals surface area contributed by atoms with Crippen molar-refractivity contribution in [1.82, 2.24) is 4.31 Å². The number of nitrogens with one attached hydrogen (secondary N) is 1. The van der Waals surface area contributed by atoms with E-state index in [1.54, 1.807) is 29.5 Å². The summed E-state index contributed by atoms with van der Waals surface area (Å²) in [6.07, 6.45) is 1.97. The van der Waals surface area contributed by atoms with Crippen LogP contribution in [0.2, 0.25) is 0 Å². The van der Waals surface area contributed by atoms with Crippen LogP contribution in [0, 0.1) is 0 Å². The van der Waals surface area contributed by atoms with Gasteiger partial charge in [-0.3, -0.25) is 4.79 Å². The Bertz CT molecular complexity index is 999. The summed E-state index contributed by atoms with van der Waals surface area (Å²) in [4.78, 5) is 16.3. The number of benzene rings is 1. The highest BCUT2D eigenvalue weighted by Crippen LogP contribution is 2.31. The highest BCUT2D eigenvalue weighted by atomic mass is 32.2. The topological polar surface area (TPSA) is 88.2 Å². The van der Waals surface area contributed by atoms with Crippen LogP contribution in [-0.4, -0.2) is 71.2 Å². The number of nitrogens with zero attached hydrogens (tertiary/aromatic N) is 2. The Balaban J connectivity index is 1.52. The lowest BCUT2D eigenvalue weighted by Crippen LogP contribution is -2.40. The monoisotopic (exact) mass is 479 g/mol. The lowest BCUT2D eigenvalue weighted by Gasteiger charge is -2.31. The lowest BCUT2D eigenvalue weighted by atomic mass is 10.2. The molecule has 3 heterocycles. The molecule has 2 fully saturated rings. The first-order valence-electron chi connectivity index (χ1n) is 10.9. The minimum absolute atomic E-state index is 0.114. The van der Waals surface area contributed by atoms with E-state index in [0.717, 1.165) is 18.5 Å². The number of carbonyl (C=O) groups is 1. The van der Waals surface area contributed by atoms with E-state index in [1.165, 1.54) is 9.18 Å². The van der Waals surface area contributed by atoms with Crippen LogP contribution in [0.15, 0.2) is 40.6 Å². The van der Waals surface area contributed by atoms with Crippen LogP contribution in [-0.2, 0) is 30.7 Å². The molecule has 8 nitrogen and oxygen atoms in total. The van der Waals surface area contributed by atoms with Crippen molar-refractivity contribution in [1.29, 1.82) is 0 Å². The second kappa shape index (κ2) is 10.8. The van der Waals surface area contributed by atoms with Crippen LogP contribution in [0.25, 0.3) is 0 Å². The average molecular weight is 480 g/mol. The molecule has 0 spiro atoms. The number of ether oxygens (including phenoxy) is 2. The van der Waals surface area contributed by atoms with Gasteiger partial charge in [0.25, 0.3) is 0 Å². The molecule has 0 saturated carbocycles. The molecule has 0 atom stereocenters.